The van der Waals surface area contributed by atoms with Gasteiger partial charge in [-0.3, -0.25) is 16.2 Å². The summed E-state index contributed by atoms with van der Waals surface area (Å²) in [6.45, 7) is 11.9. The summed E-state index contributed by atoms with van der Waals surface area (Å²) in [6, 6.07) is 14.5. The fraction of sp³-hybridized carbons (Fsp3) is 0.192. The predicted octanol–water partition coefficient (Wildman–Crippen LogP) is 6.40. The Labute approximate surface area is 184 Å². The zero-order valence-corrected chi connectivity index (χ0v) is 18.5. The molecule has 0 heterocycles. The smallest absolute Gasteiger partial charge is 0.221 e. The molecule has 0 saturated carbocycles. The third-order valence-corrected chi connectivity index (χ3v) is 4.44. The average molecular weight is 416 g/mol. The van der Waals surface area contributed by atoms with Crippen LogP contribution in [0.15, 0.2) is 85.0 Å². The van der Waals surface area contributed by atoms with E-state index in [9.17, 15) is 0 Å². The van der Waals surface area contributed by atoms with Crippen molar-refractivity contribution in [3.63, 3.8) is 0 Å². The average Bonchev–Trinajstić information content (AvgIpc) is 2.73. The van der Waals surface area contributed by atoms with Gasteiger partial charge in [0.1, 0.15) is 5.75 Å². The van der Waals surface area contributed by atoms with Crippen LogP contribution >= 0.6 is 0 Å². The highest BCUT2D eigenvalue weighted by Gasteiger charge is 2.14. The molecule has 0 unspecified atom stereocenters. The molecule has 0 fully saturated rings. The molecule has 5 nitrogen and oxygen atoms in total. The van der Waals surface area contributed by atoms with E-state index in [1.54, 1.807) is 48.6 Å². The van der Waals surface area contributed by atoms with Crippen LogP contribution < -0.4 is 4.74 Å². The molecular formula is C26H29N3O2. The SMILES string of the molecule is C=C/C=C(\C=C/C)C(=N)OC(=N)c1cccc(C(=N)Oc2ccc(C(C)(C)C)cc2)c1. The Kier molecular flexibility index (Phi) is 7.86. The summed E-state index contributed by atoms with van der Waals surface area (Å²) in [5.74, 6) is 0.198. The number of rotatable bonds is 6. The highest BCUT2D eigenvalue weighted by molar-refractivity contribution is 6.06. The normalized spacial score (nSPS) is 11.8. The lowest BCUT2D eigenvalue weighted by Gasteiger charge is -2.19. The number of nitrogens with one attached hydrogen (secondary N) is 3. The van der Waals surface area contributed by atoms with Gasteiger partial charge in [0.05, 0.1) is 0 Å². The number of benzene rings is 2. The van der Waals surface area contributed by atoms with Gasteiger partial charge in [-0.05, 0) is 48.2 Å². The molecule has 3 N–H and O–H groups in total. The van der Waals surface area contributed by atoms with Crippen LogP contribution in [0.2, 0.25) is 0 Å². The third kappa shape index (κ3) is 6.64. The lowest BCUT2D eigenvalue weighted by molar-refractivity contribution is 0.537. The summed E-state index contributed by atoms with van der Waals surface area (Å²) >= 11 is 0. The van der Waals surface area contributed by atoms with E-state index in [0.29, 0.717) is 22.4 Å². The van der Waals surface area contributed by atoms with Crippen molar-refractivity contribution >= 4 is 17.7 Å². The van der Waals surface area contributed by atoms with E-state index in [2.05, 4.69) is 27.4 Å². The minimum Gasteiger partial charge on any atom is -0.439 e. The quantitative estimate of drug-likeness (QED) is 0.290. The summed E-state index contributed by atoms with van der Waals surface area (Å²) in [7, 11) is 0. The van der Waals surface area contributed by atoms with Gasteiger partial charge in [0.25, 0.3) is 0 Å². The van der Waals surface area contributed by atoms with Crippen molar-refractivity contribution in [3.8, 4) is 5.75 Å². The van der Waals surface area contributed by atoms with E-state index in [1.165, 1.54) is 5.56 Å². The summed E-state index contributed by atoms with van der Waals surface area (Å²) in [6.07, 6.45) is 6.69. The van der Waals surface area contributed by atoms with Crippen LogP contribution in [0.1, 0.15) is 44.4 Å². The maximum absolute atomic E-state index is 8.30. The highest BCUT2D eigenvalue weighted by Crippen LogP contribution is 2.24. The Hall–Kier alpha value is -3.73. The Balaban J connectivity index is 2.12. The van der Waals surface area contributed by atoms with Crippen LogP contribution in [0, 0.1) is 16.2 Å². The standard InChI is InChI=1S/C26H29N3O2/c1-6-9-18(10-7-2)23(27)31-25(29)20-12-8-11-19(17-20)24(28)30-22-15-13-21(14-16-22)26(3,4)5/h6-17,27-29H,1H2,2-5H3/b10-7-,18-9+,27-23?,28-24?,29-25?. The van der Waals surface area contributed by atoms with Crippen LogP contribution in [-0.2, 0) is 10.2 Å². The van der Waals surface area contributed by atoms with Gasteiger partial charge in [0, 0.05) is 16.7 Å². The minimum atomic E-state index is -0.186. The lowest BCUT2D eigenvalue weighted by atomic mass is 9.87. The first-order valence-corrected chi connectivity index (χ1v) is 9.94. The monoisotopic (exact) mass is 415 g/mol. The number of hydrogen-bond donors (Lipinski definition) is 3. The third-order valence-electron chi connectivity index (χ3n) is 4.44. The molecule has 0 radical (unpaired) electrons. The fourth-order valence-electron chi connectivity index (χ4n) is 2.73. The van der Waals surface area contributed by atoms with Crippen LogP contribution in [0.4, 0.5) is 0 Å². The van der Waals surface area contributed by atoms with Gasteiger partial charge in [-0.25, -0.2) is 0 Å². The van der Waals surface area contributed by atoms with Crippen molar-refractivity contribution in [1.82, 2.24) is 0 Å². The van der Waals surface area contributed by atoms with Gasteiger partial charge in [-0.1, -0.05) is 69.9 Å². The van der Waals surface area contributed by atoms with Crippen molar-refractivity contribution < 1.29 is 9.47 Å². The molecule has 31 heavy (non-hydrogen) atoms. The number of hydrogen-bond acceptors (Lipinski definition) is 5. The zero-order chi connectivity index (χ0) is 23.0. The van der Waals surface area contributed by atoms with E-state index in [4.69, 9.17) is 25.7 Å². The van der Waals surface area contributed by atoms with Crippen LogP contribution in [0.25, 0.3) is 0 Å². The van der Waals surface area contributed by atoms with E-state index < -0.39 is 0 Å². The first-order valence-electron chi connectivity index (χ1n) is 9.94. The van der Waals surface area contributed by atoms with Crippen LogP contribution in [-0.4, -0.2) is 17.7 Å². The van der Waals surface area contributed by atoms with Crippen molar-refractivity contribution in [3.05, 3.63) is 102 Å². The molecule has 0 aliphatic heterocycles. The molecule has 2 rings (SSSR count). The van der Waals surface area contributed by atoms with Gasteiger partial charge in [-0.15, -0.1) is 0 Å². The first kappa shape index (κ1) is 23.5. The molecule has 2 aromatic rings. The summed E-state index contributed by atoms with van der Waals surface area (Å²) in [4.78, 5) is 0. The molecule has 160 valence electrons. The molecule has 0 bridgehead atoms. The van der Waals surface area contributed by atoms with E-state index in [1.807, 2.05) is 31.2 Å². The fourth-order valence-corrected chi connectivity index (χ4v) is 2.73. The Morgan fingerprint density at radius 2 is 1.55 bits per heavy atom. The van der Waals surface area contributed by atoms with Crippen molar-refractivity contribution in [1.29, 1.82) is 16.2 Å². The van der Waals surface area contributed by atoms with E-state index >= 15 is 0 Å². The number of allylic oxidation sites excluding steroid dienone is 3. The molecule has 0 aromatic heterocycles. The second-order valence-electron chi connectivity index (χ2n) is 7.90. The highest BCUT2D eigenvalue weighted by atomic mass is 16.5. The Bertz CT molecular complexity index is 1040. The number of ether oxygens (including phenoxy) is 2. The summed E-state index contributed by atoms with van der Waals surface area (Å²) in [5, 5.41) is 24.6. The topological polar surface area (TPSA) is 90.0 Å². The molecule has 2 aromatic carbocycles. The predicted molar refractivity (Wildman–Crippen MR) is 128 cm³/mol. The van der Waals surface area contributed by atoms with Gasteiger partial charge in [0.2, 0.25) is 17.7 Å². The molecule has 0 atom stereocenters. The molecular weight excluding hydrogens is 386 g/mol. The Morgan fingerprint density at radius 3 is 2.10 bits per heavy atom. The van der Waals surface area contributed by atoms with Crippen LogP contribution in [0.5, 0.6) is 5.75 Å². The summed E-state index contributed by atoms with van der Waals surface area (Å²) < 4.78 is 11.1. The van der Waals surface area contributed by atoms with Crippen LogP contribution in [0.3, 0.4) is 0 Å². The maximum Gasteiger partial charge on any atom is 0.221 e. The lowest BCUT2D eigenvalue weighted by Crippen LogP contribution is -2.15. The molecule has 0 aliphatic carbocycles. The second-order valence-corrected chi connectivity index (χ2v) is 7.90. The Morgan fingerprint density at radius 1 is 0.935 bits per heavy atom. The zero-order valence-electron chi connectivity index (χ0n) is 18.5. The van der Waals surface area contributed by atoms with Gasteiger partial charge in [0.15, 0.2) is 0 Å². The molecule has 5 heteroatoms. The molecule has 0 saturated heterocycles. The molecule has 0 amide bonds. The maximum atomic E-state index is 8.30. The largest absolute Gasteiger partial charge is 0.439 e. The van der Waals surface area contributed by atoms with Gasteiger partial charge < -0.3 is 9.47 Å². The molecule has 0 aliphatic rings. The van der Waals surface area contributed by atoms with E-state index in [0.717, 1.165) is 0 Å². The van der Waals surface area contributed by atoms with Gasteiger partial charge >= 0.3 is 0 Å². The van der Waals surface area contributed by atoms with Gasteiger partial charge in [-0.2, -0.15) is 0 Å². The minimum absolute atomic E-state index is 0.0330. The summed E-state index contributed by atoms with van der Waals surface area (Å²) in [5.41, 5.74) is 2.68. The molecule has 0 spiro atoms. The van der Waals surface area contributed by atoms with Crippen molar-refractivity contribution in [2.45, 2.75) is 33.1 Å². The van der Waals surface area contributed by atoms with Crippen molar-refractivity contribution in [2.24, 2.45) is 0 Å². The first-order chi connectivity index (χ1) is 14.7. The van der Waals surface area contributed by atoms with E-state index in [-0.39, 0.29) is 23.1 Å². The van der Waals surface area contributed by atoms with Crippen molar-refractivity contribution in [2.75, 3.05) is 0 Å². The second kappa shape index (κ2) is 10.3.